The number of para-hydroxylation sites is 1. The number of halogens is 1. The number of hydrogen-bond donors (Lipinski definition) is 3. The Bertz CT molecular complexity index is 439. The second-order valence-electron chi connectivity index (χ2n) is 3.34. The van der Waals surface area contributed by atoms with E-state index in [9.17, 15) is 9.59 Å². The standard InChI is InChI=1S/C11H13ClN2O4/c1-18-10(16)9(6-15)14-11(17)13-8-5-3-2-4-7(8)12/h2-5,9,15H,6H2,1H3,(H2,13,14,17)/t9-/m0/s1. The first-order chi connectivity index (χ1) is 8.58. The number of esters is 1. The van der Waals surface area contributed by atoms with Crippen molar-refractivity contribution in [2.24, 2.45) is 0 Å². The molecule has 0 fully saturated rings. The zero-order valence-electron chi connectivity index (χ0n) is 9.64. The van der Waals surface area contributed by atoms with E-state index >= 15 is 0 Å². The van der Waals surface area contributed by atoms with E-state index in [0.717, 1.165) is 0 Å². The number of aliphatic hydroxyl groups is 1. The molecule has 0 aliphatic carbocycles. The highest BCUT2D eigenvalue weighted by Gasteiger charge is 2.20. The minimum atomic E-state index is -1.11. The summed E-state index contributed by atoms with van der Waals surface area (Å²) in [5.74, 6) is -0.730. The Kier molecular flexibility index (Phi) is 5.41. The molecule has 0 spiro atoms. The van der Waals surface area contributed by atoms with E-state index < -0.39 is 24.6 Å². The van der Waals surface area contributed by atoms with Gasteiger partial charge in [-0.2, -0.15) is 0 Å². The minimum absolute atomic E-state index is 0.367. The summed E-state index contributed by atoms with van der Waals surface area (Å²) in [6, 6.07) is 4.86. The number of rotatable bonds is 4. The second-order valence-corrected chi connectivity index (χ2v) is 3.74. The third-order valence-electron chi connectivity index (χ3n) is 2.10. The van der Waals surface area contributed by atoms with Crippen LogP contribution >= 0.6 is 11.6 Å². The van der Waals surface area contributed by atoms with Crippen LogP contribution in [0.2, 0.25) is 5.02 Å². The Morgan fingerprint density at radius 1 is 1.44 bits per heavy atom. The van der Waals surface area contributed by atoms with Gasteiger partial charge in [-0.25, -0.2) is 9.59 Å². The average molecular weight is 273 g/mol. The van der Waals surface area contributed by atoms with Gasteiger partial charge in [-0.1, -0.05) is 23.7 Å². The van der Waals surface area contributed by atoms with E-state index in [1.807, 2.05) is 0 Å². The number of amides is 2. The number of aliphatic hydroxyl groups excluding tert-OH is 1. The van der Waals surface area contributed by atoms with Crippen LogP contribution in [0.4, 0.5) is 10.5 Å². The fourth-order valence-corrected chi connectivity index (χ4v) is 1.38. The molecule has 0 saturated heterocycles. The zero-order valence-corrected chi connectivity index (χ0v) is 10.4. The lowest BCUT2D eigenvalue weighted by Crippen LogP contribution is -2.45. The molecular formula is C11H13ClN2O4. The summed E-state index contributed by atoms with van der Waals surface area (Å²) in [6.07, 6.45) is 0. The largest absolute Gasteiger partial charge is 0.467 e. The monoisotopic (exact) mass is 272 g/mol. The fourth-order valence-electron chi connectivity index (χ4n) is 1.20. The Balaban J connectivity index is 2.61. The van der Waals surface area contributed by atoms with Gasteiger partial charge in [-0.3, -0.25) is 0 Å². The fraction of sp³-hybridized carbons (Fsp3) is 0.273. The van der Waals surface area contributed by atoms with Crippen LogP contribution in [0.5, 0.6) is 0 Å². The predicted molar refractivity (Wildman–Crippen MR) is 66.5 cm³/mol. The third-order valence-corrected chi connectivity index (χ3v) is 2.43. The lowest BCUT2D eigenvalue weighted by molar-refractivity contribution is -0.143. The number of methoxy groups -OCH3 is 1. The molecule has 1 aromatic carbocycles. The first-order valence-corrected chi connectivity index (χ1v) is 5.47. The average Bonchev–Trinajstić information content (AvgIpc) is 2.37. The SMILES string of the molecule is COC(=O)[C@H](CO)NC(=O)Nc1ccccc1Cl. The van der Waals surface area contributed by atoms with Gasteiger partial charge in [0, 0.05) is 0 Å². The molecule has 0 aliphatic rings. The molecule has 1 rings (SSSR count). The van der Waals surface area contributed by atoms with E-state index in [1.165, 1.54) is 7.11 Å². The van der Waals surface area contributed by atoms with E-state index in [2.05, 4.69) is 15.4 Å². The number of carbonyl (C=O) groups is 2. The maximum Gasteiger partial charge on any atom is 0.330 e. The van der Waals surface area contributed by atoms with Crippen LogP contribution in [-0.2, 0) is 9.53 Å². The van der Waals surface area contributed by atoms with Crippen molar-refractivity contribution >= 4 is 29.3 Å². The van der Waals surface area contributed by atoms with Gasteiger partial charge in [0.25, 0.3) is 0 Å². The molecule has 0 aliphatic heterocycles. The number of ether oxygens (including phenoxy) is 1. The van der Waals surface area contributed by atoms with Gasteiger partial charge >= 0.3 is 12.0 Å². The number of anilines is 1. The van der Waals surface area contributed by atoms with E-state index in [-0.39, 0.29) is 0 Å². The zero-order chi connectivity index (χ0) is 13.5. The van der Waals surface area contributed by atoms with Gasteiger partial charge in [0.15, 0.2) is 6.04 Å². The predicted octanol–water partition coefficient (Wildman–Crippen LogP) is 0.995. The van der Waals surface area contributed by atoms with Crippen LogP contribution in [0, 0.1) is 0 Å². The molecule has 0 saturated carbocycles. The van der Waals surface area contributed by atoms with Crippen LogP contribution in [0.15, 0.2) is 24.3 Å². The maximum atomic E-state index is 11.6. The Labute approximate surface area is 109 Å². The molecule has 0 aromatic heterocycles. The molecule has 0 radical (unpaired) electrons. The molecule has 1 aromatic rings. The lowest BCUT2D eigenvalue weighted by atomic mass is 10.3. The van der Waals surface area contributed by atoms with Crippen molar-refractivity contribution in [2.45, 2.75) is 6.04 Å². The maximum absolute atomic E-state index is 11.6. The summed E-state index contributed by atoms with van der Waals surface area (Å²) in [4.78, 5) is 22.7. The summed E-state index contributed by atoms with van der Waals surface area (Å²) < 4.78 is 4.41. The first kappa shape index (κ1) is 14.3. The minimum Gasteiger partial charge on any atom is -0.467 e. The Morgan fingerprint density at radius 3 is 2.67 bits per heavy atom. The Morgan fingerprint density at radius 2 is 2.11 bits per heavy atom. The van der Waals surface area contributed by atoms with Crippen LogP contribution < -0.4 is 10.6 Å². The summed E-state index contributed by atoms with van der Waals surface area (Å²) in [5.41, 5.74) is 0.401. The molecule has 0 unspecified atom stereocenters. The van der Waals surface area contributed by atoms with Crippen molar-refractivity contribution < 1.29 is 19.4 Å². The number of urea groups is 1. The molecule has 6 nitrogen and oxygen atoms in total. The first-order valence-electron chi connectivity index (χ1n) is 5.09. The molecule has 7 heteroatoms. The summed E-state index contributed by atoms with van der Waals surface area (Å²) >= 11 is 5.85. The van der Waals surface area contributed by atoms with Crippen LogP contribution in [0.1, 0.15) is 0 Å². The molecule has 1 atom stereocenters. The quantitative estimate of drug-likeness (QED) is 0.714. The van der Waals surface area contributed by atoms with Gasteiger partial charge in [0.1, 0.15) is 0 Å². The molecule has 98 valence electrons. The summed E-state index contributed by atoms with van der Waals surface area (Å²) in [5, 5.41) is 14.0. The number of benzene rings is 1. The highest BCUT2D eigenvalue weighted by atomic mass is 35.5. The number of carbonyl (C=O) groups excluding carboxylic acids is 2. The van der Waals surface area contributed by atoms with Crippen molar-refractivity contribution in [3.8, 4) is 0 Å². The van der Waals surface area contributed by atoms with Crippen molar-refractivity contribution in [1.29, 1.82) is 0 Å². The van der Waals surface area contributed by atoms with Gasteiger partial charge in [-0.15, -0.1) is 0 Å². The topological polar surface area (TPSA) is 87.7 Å². The number of nitrogens with one attached hydrogen (secondary N) is 2. The highest BCUT2D eigenvalue weighted by Crippen LogP contribution is 2.20. The smallest absolute Gasteiger partial charge is 0.330 e. The second kappa shape index (κ2) is 6.83. The molecule has 0 heterocycles. The van der Waals surface area contributed by atoms with Crippen molar-refractivity contribution in [1.82, 2.24) is 5.32 Å². The molecule has 18 heavy (non-hydrogen) atoms. The van der Waals surface area contributed by atoms with Crippen molar-refractivity contribution in [3.63, 3.8) is 0 Å². The summed E-state index contributed by atoms with van der Waals surface area (Å²) in [6.45, 7) is -0.553. The lowest BCUT2D eigenvalue weighted by Gasteiger charge is -2.14. The van der Waals surface area contributed by atoms with E-state index in [0.29, 0.717) is 10.7 Å². The van der Waals surface area contributed by atoms with E-state index in [1.54, 1.807) is 24.3 Å². The third kappa shape index (κ3) is 3.90. The molecular weight excluding hydrogens is 260 g/mol. The molecule has 0 bridgehead atoms. The van der Waals surface area contributed by atoms with Gasteiger partial charge in [-0.05, 0) is 12.1 Å². The van der Waals surface area contributed by atoms with Crippen molar-refractivity contribution in [3.05, 3.63) is 29.3 Å². The normalized spacial score (nSPS) is 11.5. The number of hydrogen-bond acceptors (Lipinski definition) is 4. The van der Waals surface area contributed by atoms with Gasteiger partial charge in [0.2, 0.25) is 0 Å². The van der Waals surface area contributed by atoms with Gasteiger partial charge in [0.05, 0.1) is 24.4 Å². The van der Waals surface area contributed by atoms with Crippen LogP contribution in [0.25, 0.3) is 0 Å². The van der Waals surface area contributed by atoms with Crippen LogP contribution in [0.3, 0.4) is 0 Å². The van der Waals surface area contributed by atoms with E-state index in [4.69, 9.17) is 16.7 Å². The summed E-state index contributed by atoms with van der Waals surface area (Å²) in [7, 11) is 1.17. The molecule has 3 N–H and O–H groups in total. The van der Waals surface area contributed by atoms with Crippen molar-refractivity contribution in [2.75, 3.05) is 19.0 Å². The highest BCUT2D eigenvalue weighted by molar-refractivity contribution is 6.33. The Hall–Kier alpha value is -1.79. The molecule has 2 amide bonds. The van der Waals surface area contributed by atoms with Gasteiger partial charge < -0.3 is 20.5 Å². The van der Waals surface area contributed by atoms with Crippen LogP contribution in [-0.4, -0.2) is 36.9 Å².